The maximum atomic E-state index is 5.70. The van der Waals surface area contributed by atoms with E-state index >= 15 is 0 Å². The number of hydrogen-bond acceptors (Lipinski definition) is 1. The molecule has 13 heavy (non-hydrogen) atoms. The second-order valence-electron chi connectivity index (χ2n) is 4.01. The van der Waals surface area contributed by atoms with E-state index in [-0.39, 0.29) is 0 Å². The minimum atomic E-state index is 0.656. The first-order valence-electron chi connectivity index (χ1n) is 4.92. The van der Waals surface area contributed by atoms with Gasteiger partial charge in [-0.1, -0.05) is 32.0 Å². The van der Waals surface area contributed by atoms with Crippen molar-refractivity contribution >= 4 is 0 Å². The van der Waals surface area contributed by atoms with Gasteiger partial charge in [-0.05, 0) is 36.0 Å². The van der Waals surface area contributed by atoms with Crippen molar-refractivity contribution in [1.82, 2.24) is 0 Å². The number of nitrogens with two attached hydrogens (primary N) is 1. The monoisotopic (exact) mass is 177 g/mol. The summed E-state index contributed by atoms with van der Waals surface area (Å²) in [6, 6.07) is 6.38. The van der Waals surface area contributed by atoms with Crippen molar-refractivity contribution in [2.75, 3.05) is 0 Å². The lowest BCUT2D eigenvalue weighted by molar-refractivity contribution is 0.640. The van der Waals surface area contributed by atoms with Gasteiger partial charge in [0.05, 0.1) is 0 Å². The zero-order chi connectivity index (χ0) is 9.84. The zero-order valence-corrected chi connectivity index (χ0v) is 8.80. The summed E-state index contributed by atoms with van der Waals surface area (Å²) >= 11 is 0. The Morgan fingerprint density at radius 2 is 2.00 bits per heavy atom. The highest BCUT2D eigenvalue weighted by Crippen LogP contribution is 2.17. The molecule has 0 spiro atoms. The van der Waals surface area contributed by atoms with Crippen molar-refractivity contribution < 1.29 is 0 Å². The summed E-state index contributed by atoms with van der Waals surface area (Å²) in [5.74, 6) is 0.700. The van der Waals surface area contributed by atoms with Gasteiger partial charge >= 0.3 is 0 Å². The molecule has 2 N–H and O–H groups in total. The van der Waals surface area contributed by atoms with E-state index < -0.39 is 0 Å². The van der Waals surface area contributed by atoms with E-state index in [1.165, 1.54) is 16.7 Å². The summed E-state index contributed by atoms with van der Waals surface area (Å²) in [6.45, 7) is 7.31. The Labute approximate surface area is 81.0 Å². The van der Waals surface area contributed by atoms with Crippen LogP contribution in [0.5, 0.6) is 0 Å². The van der Waals surface area contributed by atoms with Crippen LogP contribution in [0.25, 0.3) is 0 Å². The molecule has 0 bridgehead atoms. The topological polar surface area (TPSA) is 26.0 Å². The van der Waals surface area contributed by atoms with Crippen molar-refractivity contribution in [2.24, 2.45) is 11.7 Å². The Hall–Kier alpha value is -0.820. The molecule has 0 aliphatic carbocycles. The first-order valence-corrected chi connectivity index (χ1v) is 4.92. The highest BCUT2D eigenvalue weighted by Gasteiger charge is 2.05. The normalized spacial score (nSPS) is 10.8. The van der Waals surface area contributed by atoms with Gasteiger partial charge in [0.15, 0.2) is 0 Å². The van der Waals surface area contributed by atoms with Gasteiger partial charge in [-0.15, -0.1) is 0 Å². The molecule has 0 heterocycles. The summed E-state index contributed by atoms with van der Waals surface area (Å²) in [5, 5.41) is 0. The number of benzene rings is 1. The molecule has 0 fully saturated rings. The fourth-order valence-electron chi connectivity index (χ4n) is 1.65. The van der Waals surface area contributed by atoms with Crippen LogP contribution in [0, 0.1) is 12.8 Å². The lowest BCUT2D eigenvalue weighted by Gasteiger charge is -2.13. The Morgan fingerprint density at radius 3 is 2.54 bits per heavy atom. The molecule has 0 saturated carbocycles. The summed E-state index contributed by atoms with van der Waals surface area (Å²) in [6.07, 6.45) is 1.14. The molecule has 0 radical (unpaired) electrons. The molecule has 0 saturated heterocycles. The average molecular weight is 177 g/mol. The quantitative estimate of drug-likeness (QED) is 0.754. The summed E-state index contributed by atoms with van der Waals surface area (Å²) in [4.78, 5) is 0. The molecule has 1 heteroatoms. The van der Waals surface area contributed by atoms with Crippen LogP contribution in [-0.2, 0) is 13.0 Å². The molecule has 0 amide bonds. The molecule has 0 aliphatic heterocycles. The number of rotatable bonds is 3. The third kappa shape index (κ3) is 2.56. The molecule has 1 nitrogen and oxygen atoms in total. The average Bonchev–Trinajstić information content (AvgIpc) is 2.08. The fourth-order valence-corrected chi connectivity index (χ4v) is 1.65. The van der Waals surface area contributed by atoms with E-state index in [4.69, 9.17) is 5.73 Å². The van der Waals surface area contributed by atoms with E-state index in [1.54, 1.807) is 0 Å². The van der Waals surface area contributed by atoms with Crippen LogP contribution < -0.4 is 5.73 Å². The van der Waals surface area contributed by atoms with Crippen LogP contribution in [-0.4, -0.2) is 0 Å². The third-order valence-electron chi connectivity index (χ3n) is 2.34. The third-order valence-corrected chi connectivity index (χ3v) is 2.34. The zero-order valence-electron chi connectivity index (χ0n) is 8.80. The largest absolute Gasteiger partial charge is 0.326 e. The Morgan fingerprint density at radius 1 is 1.31 bits per heavy atom. The van der Waals surface area contributed by atoms with Crippen LogP contribution in [0.4, 0.5) is 0 Å². The predicted molar refractivity (Wildman–Crippen MR) is 57.6 cm³/mol. The highest BCUT2D eigenvalue weighted by atomic mass is 14.5. The van der Waals surface area contributed by atoms with Crippen molar-refractivity contribution in [3.8, 4) is 0 Å². The molecular weight excluding hydrogens is 158 g/mol. The van der Waals surface area contributed by atoms with Crippen LogP contribution in [0.3, 0.4) is 0 Å². The van der Waals surface area contributed by atoms with Gasteiger partial charge in [0, 0.05) is 6.54 Å². The Balaban J connectivity index is 3.00. The predicted octanol–water partition coefficient (Wildman–Crippen LogP) is 2.65. The van der Waals surface area contributed by atoms with Gasteiger partial charge in [0.1, 0.15) is 0 Å². The molecule has 1 rings (SSSR count). The molecule has 0 unspecified atom stereocenters. The minimum Gasteiger partial charge on any atom is -0.326 e. The molecule has 1 aromatic rings. The maximum Gasteiger partial charge on any atom is 0.0180 e. The van der Waals surface area contributed by atoms with Gasteiger partial charge in [0.2, 0.25) is 0 Å². The van der Waals surface area contributed by atoms with Gasteiger partial charge < -0.3 is 5.73 Å². The van der Waals surface area contributed by atoms with Crippen LogP contribution in [0.2, 0.25) is 0 Å². The first kappa shape index (κ1) is 10.3. The SMILES string of the molecule is Cc1cccc(CN)c1CC(C)C. The minimum absolute atomic E-state index is 0.656. The summed E-state index contributed by atoms with van der Waals surface area (Å²) in [7, 11) is 0. The van der Waals surface area contributed by atoms with Gasteiger partial charge in [-0.25, -0.2) is 0 Å². The van der Waals surface area contributed by atoms with Crippen LogP contribution in [0.15, 0.2) is 18.2 Å². The lowest BCUT2D eigenvalue weighted by atomic mass is 9.94. The van der Waals surface area contributed by atoms with E-state index in [1.807, 2.05) is 0 Å². The highest BCUT2D eigenvalue weighted by molar-refractivity contribution is 5.34. The van der Waals surface area contributed by atoms with Gasteiger partial charge in [-0.2, -0.15) is 0 Å². The van der Waals surface area contributed by atoms with E-state index in [0.29, 0.717) is 12.5 Å². The second-order valence-corrected chi connectivity index (χ2v) is 4.01. The molecular formula is C12H19N. The molecule has 1 aromatic carbocycles. The number of aryl methyl sites for hydroxylation is 1. The molecule has 0 aromatic heterocycles. The smallest absolute Gasteiger partial charge is 0.0180 e. The van der Waals surface area contributed by atoms with Crippen molar-refractivity contribution in [3.63, 3.8) is 0 Å². The Kier molecular flexibility index (Phi) is 3.49. The number of hydrogen-bond donors (Lipinski definition) is 1. The van der Waals surface area contributed by atoms with E-state index in [0.717, 1.165) is 6.42 Å². The Bertz CT molecular complexity index is 276. The van der Waals surface area contributed by atoms with Crippen molar-refractivity contribution in [3.05, 3.63) is 34.9 Å². The first-order chi connectivity index (χ1) is 6.15. The standard InChI is InChI=1S/C12H19N/c1-9(2)7-12-10(3)5-4-6-11(12)8-13/h4-6,9H,7-8,13H2,1-3H3. The van der Waals surface area contributed by atoms with E-state index in [9.17, 15) is 0 Å². The summed E-state index contributed by atoms with van der Waals surface area (Å²) < 4.78 is 0. The van der Waals surface area contributed by atoms with Crippen molar-refractivity contribution in [2.45, 2.75) is 33.7 Å². The van der Waals surface area contributed by atoms with Gasteiger partial charge in [0.25, 0.3) is 0 Å². The lowest BCUT2D eigenvalue weighted by Crippen LogP contribution is -2.06. The molecule has 72 valence electrons. The van der Waals surface area contributed by atoms with E-state index in [2.05, 4.69) is 39.0 Å². The van der Waals surface area contributed by atoms with Crippen LogP contribution >= 0.6 is 0 Å². The van der Waals surface area contributed by atoms with Gasteiger partial charge in [-0.3, -0.25) is 0 Å². The van der Waals surface area contributed by atoms with Crippen LogP contribution in [0.1, 0.15) is 30.5 Å². The summed E-state index contributed by atoms with van der Waals surface area (Å²) in [5.41, 5.74) is 9.81. The van der Waals surface area contributed by atoms with Crippen molar-refractivity contribution in [1.29, 1.82) is 0 Å². The fraction of sp³-hybridized carbons (Fsp3) is 0.500. The molecule has 0 atom stereocenters. The maximum absolute atomic E-state index is 5.70. The second kappa shape index (κ2) is 4.43. The molecule has 0 aliphatic rings.